The molecule has 4 rings (SSSR count). The quantitative estimate of drug-likeness (QED) is 0.794. The Balaban J connectivity index is 1.97. The second kappa shape index (κ2) is 3.60. The van der Waals surface area contributed by atoms with Gasteiger partial charge in [-0.1, -0.05) is 12.2 Å². The van der Waals surface area contributed by atoms with Crippen LogP contribution >= 0.6 is 0 Å². The summed E-state index contributed by atoms with van der Waals surface area (Å²) in [4.78, 5) is 25.3. The van der Waals surface area contributed by atoms with Crippen LogP contribution in [0.5, 0.6) is 11.5 Å². The topological polar surface area (TPSA) is 63.6 Å². The van der Waals surface area contributed by atoms with Crippen molar-refractivity contribution in [1.82, 2.24) is 0 Å². The molecule has 0 heterocycles. The van der Waals surface area contributed by atoms with E-state index in [4.69, 9.17) is 4.74 Å². The molecule has 100 valence electrons. The third-order valence-corrected chi connectivity index (χ3v) is 4.40. The molecule has 0 aliphatic heterocycles. The minimum absolute atomic E-state index is 0.0288. The number of fused-ring (bicyclic) bond motifs is 5. The van der Waals surface area contributed by atoms with E-state index in [9.17, 15) is 14.7 Å². The van der Waals surface area contributed by atoms with Crippen LogP contribution in [0.4, 0.5) is 0 Å². The Morgan fingerprint density at radius 1 is 1.10 bits per heavy atom. The molecule has 4 heteroatoms. The second-order valence-corrected chi connectivity index (χ2v) is 5.39. The number of carbonyl (C=O) groups is 2. The average Bonchev–Trinajstić information content (AvgIpc) is 3.04. The van der Waals surface area contributed by atoms with Crippen LogP contribution in [0.15, 0.2) is 35.4 Å². The zero-order chi connectivity index (χ0) is 14.0. The van der Waals surface area contributed by atoms with Gasteiger partial charge in [-0.15, -0.1) is 0 Å². The molecular weight excluding hydrogens is 256 g/mol. The number of phenolic OH excluding ortho intramolecular Hbond substituents is 1. The summed E-state index contributed by atoms with van der Waals surface area (Å²) < 4.78 is 5.06. The molecule has 0 radical (unpaired) electrons. The van der Waals surface area contributed by atoms with Crippen molar-refractivity contribution in [3.05, 3.63) is 46.6 Å². The highest BCUT2D eigenvalue weighted by Crippen LogP contribution is 2.50. The molecule has 0 amide bonds. The number of aromatic hydroxyl groups is 1. The van der Waals surface area contributed by atoms with Crippen molar-refractivity contribution < 1.29 is 19.4 Å². The van der Waals surface area contributed by atoms with Crippen LogP contribution in [-0.4, -0.2) is 23.8 Å². The van der Waals surface area contributed by atoms with Crippen molar-refractivity contribution in [1.29, 1.82) is 0 Å². The molecule has 3 aliphatic rings. The van der Waals surface area contributed by atoms with E-state index >= 15 is 0 Å². The summed E-state index contributed by atoms with van der Waals surface area (Å²) in [6.45, 7) is 0. The molecule has 1 aromatic rings. The maximum Gasteiger partial charge on any atom is 0.194 e. The van der Waals surface area contributed by atoms with E-state index in [-0.39, 0.29) is 40.3 Å². The number of ketones is 2. The van der Waals surface area contributed by atoms with Crippen LogP contribution < -0.4 is 4.74 Å². The van der Waals surface area contributed by atoms with E-state index in [1.807, 2.05) is 12.2 Å². The van der Waals surface area contributed by atoms with Gasteiger partial charge in [-0.2, -0.15) is 0 Å². The van der Waals surface area contributed by atoms with Crippen molar-refractivity contribution in [2.75, 3.05) is 7.11 Å². The maximum atomic E-state index is 12.6. The van der Waals surface area contributed by atoms with Crippen LogP contribution in [0.3, 0.4) is 0 Å². The van der Waals surface area contributed by atoms with Gasteiger partial charge in [0.2, 0.25) is 0 Å². The van der Waals surface area contributed by atoms with Gasteiger partial charge in [-0.3, -0.25) is 9.59 Å². The summed E-state index contributed by atoms with van der Waals surface area (Å²) in [5, 5.41) is 10.1. The van der Waals surface area contributed by atoms with Gasteiger partial charge in [0.15, 0.2) is 11.6 Å². The van der Waals surface area contributed by atoms with Gasteiger partial charge in [0, 0.05) is 34.6 Å². The lowest BCUT2D eigenvalue weighted by atomic mass is 9.79. The molecule has 1 aromatic carbocycles. The smallest absolute Gasteiger partial charge is 0.194 e. The monoisotopic (exact) mass is 268 g/mol. The number of rotatable bonds is 1. The lowest BCUT2D eigenvalue weighted by Gasteiger charge is -2.22. The Labute approximate surface area is 115 Å². The first-order valence-electron chi connectivity index (χ1n) is 6.54. The summed E-state index contributed by atoms with van der Waals surface area (Å²) in [7, 11) is 1.46. The van der Waals surface area contributed by atoms with Gasteiger partial charge < -0.3 is 9.84 Å². The van der Waals surface area contributed by atoms with Crippen molar-refractivity contribution in [2.45, 2.75) is 6.42 Å². The summed E-state index contributed by atoms with van der Waals surface area (Å²) in [5.41, 5.74) is 1.57. The Bertz CT molecular complexity index is 739. The van der Waals surface area contributed by atoms with Crippen molar-refractivity contribution in [2.24, 2.45) is 11.8 Å². The van der Waals surface area contributed by atoms with Gasteiger partial charge in [0.05, 0.1) is 12.7 Å². The van der Waals surface area contributed by atoms with E-state index in [0.29, 0.717) is 16.9 Å². The fourth-order valence-corrected chi connectivity index (χ4v) is 3.52. The summed E-state index contributed by atoms with van der Waals surface area (Å²) in [6, 6.07) is 2.91. The number of ether oxygens (including phenoxy) is 1. The Hall–Kier alpha value is -2.36. The molecule has 2 unspecified atom stereocenters. The summed E-state index contributed by atoms with van der Waals surface area (Å²) in [6.07, 6.45) is 4.79. The molecular formula is C16H12O4. The molecule has 3 aliphatic carbocycles. The predicted octanol–water partition coefficient (Wildman–Crippen LogP) is 2.28. The highest BCUT2D eigenvalue weighted by Gasteiger charge is 2.46. The number of Topliss-reactive ketones (excluding diaryl/α,β-unsaturated/α-hetero) is 2. The van der Waals surface area contributed by atoms with E-state index in [1.54, 1.807) is 0 Å². The lowest BCUT2D eigenvalue weighted by molar-refractivity contribution is 0.0967. The van der Waals surface area contributed by atoms with Gasteiger partial charge >= 0.3 is 0 Å². The molecule has 20 heavy (non-hydrogen) atoms. The fourth-order valence-electron chi connectivity index (χ4n) is 3.52. The van der Waals surface area contributed by atoms with Crippen molar-refractivity contribution in [3.8, 4) is 11.5 Å². The van der Waals surface area contributed by atoms with Crippen molar-refractivity contribution in [3.63, 3.8) is 0 Å². The van der Waals surface area contributed by atoms with Gasteiger partial charge in [-0.05, 0) is 12.5 Å². The highest BCUT2D eigenvalue weighted by atomic mass is 16.5. The van der Waals surface area contributed by atoms with Crippen LogP contribution in [0, 0.1) is 11.8 Å². The van der Waals surface area contributed by atoms with Gasteiger partial charge in [0.25, 0.3) is 0 Å². The summed E-state index contributed by atoms with van der Waals surface area (Å²) in [5.74, 6) is -0.0950. The Morgan fingerprint density at radius 2 is 1.75 bits per heavy atom. The SMILES string of the molecule is COc1cc(O)c2c(c1)C(=O)C1=C(C2=O)C2C=CC1C2. The number of carbonyl (C=O) groups excluding carboxylic acids is 2. The number of allylic oxidation sites excluding steroid dienone is 4. The first-order chi connectivity index (χ1) is 9.61. The molecule has 0 spiro atoms. The Kier molecular flexibility index (Phi) is 2.06. The third-order valence-electron chi connectivity index (χ3n) is 4.40. The lowest BCUT2D eigenvalue weighted by Crippen LogP contribution is -2.24. The standard InChI is InChI=1S/C16H12O4/c1-20-9-5-10-14(11(17)6-9)16(19)13-8-3-2-7(4-8)12(13)15(10)18/h2-3,5-8,17H,4H2,1H3. The zero-order valence-electron chi connectivity index (χ0n) is 10.8. The molecule has 1 N–H and O–H groups in total. The van der Waals surface area contributed by atoms with Crippen LogP contribution in [0.1, 0.15) is 27.1 Å². The van der Waals surface area contributed by atoms with Crippen LogP contribution in [0.2, 0.25) is 0 Å². The van der Waals surface area contributed by atoms with Gasteiger partial charge in [-0.25, -0.2) is 0 Å². The second-order valence-electron chi connectivity index (χ2n) is 5.39. The summed E-state index contributed by atoms with van der Waals surface area (Å²) >= 11 is 0. The minimum Gasteiger partial charge on any atom is -0.507 e. The molecule has 0 saturated carbocycles. The number of phenols is 1. The molecule has 4 nitrogen and oxygen atoms in total. The van der Waals surface area contributed by atoms with E-state index in [1.165, 1.54) is 19.2 Å². The normalized spacial score (nSPS) is 26.1. The first-order valence-corrected chi connectivity index (χ1v) is 6.54. The van der Waals surface area contributed by atoms with Crippen LogP contribution in [0.25, 0.3) is 0 Å². The van der Waals surface area contributed by atoms with Crippen LogP contribution in [-0.2, 0) is 0 Å². The third kappa shape index (κ3) is 1.21. The molecule has 2 bridgehead atoms. The molecule has 0 saturated heterocycles. The maximum absolute atomic E-state index is 12.6. The molecule has 2 atom stereocenters. The number of methoxy groups -OCH3 is 1. The average molecular weight is 268 g/mol. The fraction of sp³-hybridized carbons (Fsp3) is 0.250. The Morgan fingerprint density at radius 3 is 2.40 bits per heavy atom. The minimum atomic E-state index is -0.216. The van der Waals surface area contributed by atoms with Crippen molar-refractivity contribution >= 4 is 11.6 Å². The first kappa shape index (κ1) is 11.5. The largest absolute Gasteiger partial charge is 0.507 e. The number of hydrogen-bond acceptors (Lipinski definition) is 4. The molecule has 0 aromatic heterocycles. The molecule has 0 fully saturated rings. The predicted molar refractivity (Wildman–Crippen MR) is 71.1 cm³/mol. The number of benzene rings is 1. The van der Waals surface area contributed by atoms with Gasteiger partial charge in [0.1, 0.15) is 11.5 Å². The van der Waals surface area contributed by atoms with E-state index in [2.05, 4.69) is 0 Å². The number of hydrogen-bond donors (Lipinski definition) is 1. The zero-order valence-corrected chi connectivity index (χ0v) is 10.8. The van der Waals surface area contributed by atoms with E-state index < -0.39 is 0 Å². The van der Waals surface area contributed by atoms with E-state index in [0.717, 1.165) is 6.42 Å². The highest BCUT2D eigenvalue weighted by molar-refractivity contribution is 6.29.